The van der Waals surface area contributed by atoms with Crippen LogP contribution in [-0.2, 0) is 6.54 Å². The van der Waals surface area contributed by atoms with Crippen molar-refractivity contribution < 1.29 is 0 Å². The van der Waals surface area contributed by atoms with Crippen LogP contribution in [0, 0.1) is 11.8 Å². The second-order valence-corrected chi connectivity index (χ2v) is 6.29. The van der Waals surface area contributed by atoms with Gasteiger partial charge in [-0.1, -0.05) is 20.8 Å². The molecule has 0 aromatic carbocycles. The van der Waals surface area contributed by atoms with Crippen LogP contribution in [0.25, 0.3) is 0 Å². The minimum atomic E-state index is 0.646. The Bertz CT molecular complexity index is 366. The molecule has 2 heterocycles. The zero-order valence-electron chi connectivity index (χ0n) is 12.6. The molecular weight excluding hydrogens is 236 g/mol. The third kappa shape index (κ3) is 4.53. The summed E-state index contributed by atoms with van der Waals surface area (Å²) in [5.41, 5.74) is 0. The Labute approximate surface area is 117 Å². The largest absolute Gasteiger partial charge is 0.355 e. The van der Waals surface area contributed by atoms with Gasteiger partial charge >= 0.3 is 0 Å². The fourth-order valence-corrected chi connectivity index (χ4v) is 2.72. The molecule has 1 aromatic rings. The highest BCUT2D eigenvalue weighted by Gasteiger charge is 2.15. The summed E-state index contributed by atoms with van der Waals surface area (Å²) in [5.74, 6) is 2.33. The van der Waals surface area contributed by atoms with E-state index < -0.39 is 0 Å². The topological polar surface area (TPSA) is 33.1 Å². The zero-order valence-corrected chi connectivity index (χ0v) is 12.6. The van der Waals surface area contributed by atoms with Crippen molar-refractivity contribution in [3.63, 3.8) is 0 Å². The van der Waals surface area contributed by atoms with Gasteiger partial charge in [-0.05, 0) is 37.8 Å². The van der Waals surface area contributed by atoms with E-state index in [-0.39, 0.29) is 0 Å². The molecule has 1 aliphatic rings. The highest BCUT2D eigenvalue weighted by atomic mass is 15.2. The summed E-state index contributed by atoms with van der Waals surface area (Å²) in [5, 5.41) is 3.43. The van der Waals surface area contributed by atoms with Gasteiger partial charge in [0.15, 0.2) is 0 Å². The van der Waals surface area contributed by atoms with E-state index in [0.29, 0.717) is 11.8 Å². The molecule has 0 saturated carbocycles. The first kappa shape index (κ1) is 14.4. The number of anilines is 1. The Balaban J connectivity index is 1.82. The van der Waals surface area contributed by atoms with E-state index in [1.165, 1.54) is 32.5 Å². The van der Waals surface area contributed by atoms with E-state index in [2.05, 4.69) is 46.7 Å². The number of aromatic nitrogens is 2. The van der Waals surface area contributed by atoms with Crippen LogP contribution >= 0.6 is 0 Å². The molecule has 4 nitrogen and oxygen atoms in total. The van der Waals surface area contributed by atoms with Crippen molar-refractivity contribution in [2.24, 2.45) is 11.8 Å². The van der Waals surface area contributed by atoms with Gasteiger partial charge in [-0.25, -0.2) is 4.98 Å². The highest BCUT2D eigenvalue weighted by Crippen LogP contribution is 2.14. The molecule has 4 heteroatoms. The van der Waals surface area contributed by atoms with E-state index in [4.69, 9.17) is 0 Å². The molecule has 0 amide bonds. The molecule has 1 saturated heterocycles. The van der Waals surface area contributed by atoms with E-state index in [1.807, 2.05) is 6.20 Å². The van der Waals surface area contributed by atoms with Crippen molar-refractivity contribution in [1.29, 1.82) is 0 Å². The third-order valence-corrected chi connectivity index (χ3v) is 3.66. The lowest BCUT2D eigenvalue weighted by Crippen LogP contribution is -2.27. The van der Waals surface area contributed by atoms with E-state index >= 15 is 0 Å². The van der Waals surface area contributed by atoms with Crippen LogP contribution in [0.2, 0.25) is 0 Å². The van der Waals surface area contributed by atoms with Gasteiger partial charge < -0.3 is 14.8 Å². The maximum absolute atomic E-state index is 4.41. The van der Waals surface area contributed by atoms with Crippen LogP contribution in [0.5, 0.6) is 0 Å². The zero-order chi connectivity index (χ0) is 13.7. The van der Waals surface area contributed by atoms with Gasteiger partial charge in [0, 0.05) is 32.0 Å². The van der Waals surface area contributed by atoms with Crippen LogP contribution in [0.4, 0.5) is 5.95 Å². The number of likely N-dealkylation sites (tertiary alicyclic amines) is 1. The van der Waals surface area contributed by atoms with E-state index in [9.17, 15) is 0 Å². The summed E-state index contributed by atoms with van der Waals surface area (Å²) < 4.78 is 2.25. The van der Waals surface area contributed by atoms with Crippen molar-refractivity contribution in [3.05, 3.63) is 12.4 Å². The van der Waals surface area contributed by atoms with Gasteiger partial charge in [0.1, 0.15) is 0 Å². The quantitative estimate of drug-likeness (QED) is 0.822. The number of imidazole rings is 1. The molecule has 2 rings (SSSR count). The van der Waals surface area contributed by atoms with Crippen molar-refractivity contribution in [3.8, 4) is 0 Å². The normalized spacial score (nSPS) is 18.1. The van der Waals surface area contributed by atoms with Gasteiger partial charge in [-0.15, -0.1) is 0 Å². The highest BCUT2D eigenvalue weighted by molar-refractivity contribution is 5.25. The number of hydrogen-bond donors (Lipinski definition) is 1. The molecule has 0 radical (unpaired) electrons. The van der Waals surface area contributed by atoms with Gasteiger partial charge in [0.25, 0.3) is 0 Å². The molecule has 1 atom stereocenters. The molecule has 1 aromatic heterocycles. The maximum Gasteiger partial charge on any atom is 0.202 e. The Morgan fingerprint density at radius 3 is 2.63 bits per heavy atom. The van der Waals surface area contributed by atoms with Crippen molar-refractivity contribution in [2.45, 2.75) is 40.2 Å². The van der Waals surface area contributed by atoms with Crippen molar-refractivity contribution in [2.75, 3.05) is 31.5 Å². The van der Waals surface area contributed by atoms with Crippen molar-refractivity contribution in [1.82, 2.24) is 14.5 Å². The van der Waals surface area contributed by atoms with Crippen LogP contribution in [0.3, 0.4) is 0 Å². The lowest BCUT2D eigenvalue weighted by Gasteiger charge is -2.21. The number of nitrogens with one attached hydrogen (secondary N) is 1. The first-order valence-electron chi connectivity index (χ1n) is 7.62. The maximum atomic E-state index is 4.41. The van der Waals surface area contributed by atoms with Crippen LogP contribution in [0.15, 0.2) is 12.4 Å². The van der Waals surface area contributed by atoms with Crippen LogP contribution in [0.1, 0.15) is 33.6 Å². The Hall–Kier alpha value is -1.03. The smallest absolute Gasteiger partial charge is 0.202 e. The van der Waals surface area contributed by atoms with Gasteiger partial charge in [-0.2, -0.15) is 0 Å². The van der Waals surface area contributed by atoms with Crippen molar-refractivity contribution >= 4 is 5.95 Å². The fourth-order valence-electron chi connectivity index (χ4n) is 2.72. The Kier molecular flexibility index (Phi) is 5.25. The SMILES string of the molecule is CC(C)CNc1nccn1CC(C)CN1CCCC1. The molecule has 108 valence electrons. The molecule has 1 unspecified atom stereocenters. The summed E-state index contributed by atoms with van der Waals surface area (Å²) in [6.07, 6.45) is 6.73. The summed E-state index contributed by atoms with van der Waals surface area (Å²) in [6.45, 7) is 12.6. The van der Waals surface area contributed by atoms with Gasteiger partial charge in [0.2, 0.25) is 5.95 Å². The summed E-state index contributed by atoms with van der Waals surface area (Å²) in [7, 11) is 0. The standard InChI is InChI=1S/C15H28N4/c1-13(2)10-17-15-16-6-9-19(15)12-14(3)11-18-7-4-5-8-18/h6,9,13-14H,4-5,7-8,10-12H2,1-3H3,(H,16,17). The van der Waals surface area contributed by atoms with Gasteiger partial charge in [-0.3, -0.25) is 0 Å². The average molecular weight is 264 g/mol. The summed E-state index contributed by atoms with van der Waals surface area (Å²) in [6, 6.07) is 0. The Morgan fingerprint density at radius 2 is 1.95 bits per heavy atom. The van der Waals surface area contributed by atoms with Crippen LogP contribution in [-0.4, -0.2) is 40.6 Å². The fraction of sp³-hybridized carbons (Fsp3) is 0.800. The average Bonchev–Trinajstić information content (AvgIpc) is 2.98. The molecule has 0 bridgehead atoms. The molecule has 1 aliphatic heterocycles. The number of rotatable bonds is 7. The minimum absolute atomic E-state index is 0.646. The summed E-state index contributed by atoms with van der Waals surface area (Å²) in [4.78, 5) is 7.00. The number of nitrogens with zero attached hydrogens (tertiary/aromatic N) is 3. The molecule has 0 aliphatic carbocycles. The Morgan fingerprint density at radius 1 is 1.21 bits per heavy atom. The van der Waals surface area contributed by atoms with Crippen LogP contribution < -0.4 is 5.32 Å². The van der Waals surface area contributed by atoms with Gasteiger partial charge in [0.05, 0.1) is 0 Å². The summed E-state index contributed by atoms with van der Waals surface area (Å²) >= 11 is 0. The first-order chi connectivity index (χ1) is 9.15. The van der Waals surface area contributed by atoms with E-state index in [0.717, 1.165) is 19.0 Å². The molecule has 19 heavy (non-hydrogen) atoms. The second-order valence-electron chi connectivity index (χ2n) is 6.29. The molecule has 1 N–H and O–H groups in total. The first-order valence-corrected chi connectivity index (χ1v) is 7.62. The van der Waals surface area contributed by atoms with E-state index in [1.54, 1.807) is 0 Å². The molecular formula is C15H28N4. The second kappa shape index (κ2) is 6.94. The number of hydrogen-bond acceptors (Lipinski definition) is 3. The molecule has 1 fully saturated rings. The lowest BCUT2D eigenvalue weighted by molar-refractivity contribution is 0.272. The predicted octanol–water partition coefficient (Wildman–Crippen LogP) is 2.68. The third-order valence-electron chi connectivity index (χ3n) is 3.66. The molecule has 0 spiro atoms. The lowest BCUT2D eigenvalue weighted by atomic mass is 10.1. The minimum Gasteiger partial charge on any atom is -0.355 e. The monoisotopic (exact) mass is 264 g/mol. The predicted molar refractivity (Wildman–Crippen MR) is 80.4 cm³/mol.